The van der Waals surface area contributed by atoms with Crippen molar-refractivity contribution >= 4 is 11.6 Å². The highest BCUT2D eigenvalue weighted by molar-refractivity contribution is 5.94. The summed E-state index contributed by atoms with van der Waals surface area (Å²) in [6.45, 7) is 2.83. The number of hydrogen-bond donors (Lipinski definition) is 2. The van der Waals surface area contributed by atoms with E-state index in [4.69, 9.17) is 5.73 Å². The van der Waals surface area contributed by atoms with Crippen molar-refractivity contribution in [3.63, 3.8) is 0 Å². The van der Waals surface area contributed by atoms with Gasteiger partial charge in [0.25, 0.3) is 5.91 Å². The van der Waals surface area contributed by atoms with Crippen molar-refractivity contribution in [1.29, 1.82) is 0 Å². The average Bonchev–Trinajstić information content (AvgIpc) is 2.95. The molecule has 1 aliphatic rings. The topological polar surface area (TPSA) is 55.1 Å². The van der Waals surface area contributed by atoms with Gasteiger partial charge in [-0.15, -0.1) is 0 Å². The Balaban J connectivity index is 1.95. The fraction of sp³-hybridized carbons (Fsp3) is 0.417. The summed E-state index contributed by atoms with van der Waals surface area (Å²) in [4.78, 5) is 11.6. The highest BCUT2D eigenvalue weighted by atomic mass is 19.1. The zero-order valence-corrected chi connectivity index (χ0v) is 9.16. The first-order valence-electron chi connectivity index (χ1n) is 5.41. The van der Waals surface area contributed by atoms with Crippen LogP contribution in [0.4, 0.5) is 10.1 Å². The van der Waals surface area contributed by atoms with E-state index in [-0.39, 0.29) is 11.6 Å². The number of anilines is 1. The molecule has 1 amide bonds. The molecule has 1 saturated carbocycles. The molecular formula is C12H15FN2O. The van der Waals surface area contributed by atoms with Crippen LogP contribution in [0.1, 0.15) is 23.7 Å². The zero-order chi connectivity index (χ0) is 11.7. The third-order valence-electron chi connectivity index (χ3n) is 3.06. The lowest BCUT2D eigenvalue weighted by atomic mass is 10.2. The van der Waals surface area contributed by atoms with Crippen LogP contribution >= 0.6 is 0 Å². The molecule has 3 nitrogen and oxygen atoms in total. The Morgan fingerprint density at radius 2 is 2.31 bits per heavy atom. The molecule has 0 aliphatic heterocycles. The normalized spacial score (nSPS) is 22.9. The SMILES string of the molecule is CC1CC1CNC(=O)c1ccc(N)c(F)c1. The maximum Gasteiger partial charge on any atom is 0.251 e. The monoisotopic (exact) mass is 222 g/mol. The second kappa shape index (κ2) is 4.12. The Hall–Kier alpha value is -1.58. The quantitative estimate of drug-likeness (QED) is 0.766. The summed E-state index contributed by atoms with van der Waals surface area (Å²) in [6, 6.07) is 4.11. The highest BCUT2D eigenvalue weighted by Gasteiger charge is 2.32. The Labute approximate surface area is 93.8 Å². The van der Waals surface area contributed by atoms with Gasteiger partial charge in [0, 0.05) is 12.1 Å². The smallest absolute Gasteiger partial charge is 0.251 e. The van der Waals surface area contributed by atoms with Crippen LogP contribution in [0.15, 0.2) is 18.2 Å². The molecule has 0 spiro atoms. The van der Waals surface area contributed by atoms with E-state index in [1.165, 1.54) is 18.2 Å². The maximum absolute atomic E-state index is 13.1. The van der Waals surface area contributed by atoms with Crippen molar-refractivity contribution in [1.82, 2.24) is 5.32 Å². The van der Waals surface area contributed by atoms with Gasteiger partial charge in [-0.05, 0) is 36.5 Å². The molecule has 1 fully saturated rings. The molecule has 2 rings (SSSR count). The van der Waals surface area contributed by atoms with Crippen LogP contribution in [-0.4, -0.2) is 12.5 Å². The van der Waals surface area contributed by atoms with Crippen molar-refractivity contribution in [3.05, 3.63) is 29.6 Å². The Kier molecular flexibility index (Phi) is 2.81. The molecule has 0 bridgehead atoms. The third kappa shape index (κ3) is 2.32. The molecule has 0 heterocycles. The average molecular weight is 222 g/mol. The summed E-state index contributed by atoms with van der Waals surface area (Å²) in [5.74, 6) is 0.497. The molecule has 0 saturated heterocycles. The molecule has 1 aromatic carbocycles. The first-order valence-corrected chi connectivity index (χ1v) is 5.41. The van der Waals surface area contributed by atoms with Gasteiger partial charge in [0.15, 0.2) is 0 Å². The minimum atomic E-state index is -0.549. The van der Waals surface area contributed by atoms with Gasteiger partial charge in [0.2, 0.25) is 0 Å². The van der Waals surface area contributed by atoms with Gasteiger partial charge < -0.3 is 11.1 Å². The van der Waals surface area contributed by atoms with Crippen LogP contribution in [0, 0.1) is 17.7 Å². The largest absolute Gasteiger partial charge is 0.396 e. The summed E-state index contributed by atoms with van der Waals surface area (Å²) < 4.78 is 13.1. The molecule has 16 heavy (non-hydrogen) atoms. The lowest BCUT2D eigenvalue weighted by Gasteiger charge is -2.05. The predicted molar refractivity (Wildman–Crippen MR) is 60.4 cm³/mol. The summed E-state index contributed by atoms with van der Waals surface area (Å²) >= 11 is 0. The number of rotatable bonds is 3. The predicted octanol–water partition coefficient (Wildman–Crippen LogP) is 1.79. The number of carbonyl (C=O) groups excluding carboxylic acids is 1. The Morgan fingerprint density at radius 3 is 2.88 bits per heavy atom. The number of nitrogens with one attached hydrogen (secondary N) is 1. The molecule has 1 aromatic rings. The summed E-state index contributed by atoms with van der Waals surface area (Å²) in [7, 11) is 0. The van der Waals surface area contributed by atoms with Gasteiger partial charge in [0.05, 0.1) is 5.69 Å². The number of carbonyl (C=O) groups is 1. The number of halogens is 1. The molecule has 0 aromatic heterocycles. The van der Waals surface area contributed by atoms with E-state index in [9.17, 15) is 9.18 Å². The Bertz CT molecular complexity index is 419. The van der Waals surface area contributed by atoms with Crippen molar-refractivity contribution in [3.8, 4) is 0 Å². The van der Waals surface area contributed by atoms with Crippen LogP contribution in [0.3, 0.4) is 0 Å². The number of nitrogens with two attached hydrogens (primary N) is 1. The summed E-state index contributed by atoms with van der Waals surface area (Å²) in [6.07, 6.45) is 1.16. The van der Waals surface area contributed by atoms with Gasteiger partial charge in [-0.25, -0.2) is 4.39 Å². The minimum absolute atomic E-state index is 0.0624. The molecule has 0 radical (unpaired) electrons. The van der Waals surface area contributed by atoms with E-state index in [0.717, 1.165) is 6.42 Å². The molecule has 3 N–H and O–H groups in total. The van der Waals surface area contributed by atoms with E-state index < -0.39 is 5.82 Å². The van der Waals surface area contributed by atoms with Crippen molar-refractivity contribution < 1.29 is 9.18 Å². The van der Waals surface area contributed by atoms with E-state index in [1.807, 2.05) is 0 Å². The molecule has 86 valence electrons. The lowest BCUT2D eigenvalue weighted by molar-refractivity contribution is 0.0951. The molecular weight excluding hydrogens is 207 g/mol. The van der Waals surface area contributed by atoms with Crippen LogP contribution in [-0.2, 0) is 0 Å². The minimum Gasteiger partial charge on any atom is -0.396 e. The standard InChI is InChI=1S/C12H15FN2O/c1-7-4-9(7)6-15-12(16)8-2-3-11(14)10(13)5-8/h2-3,5,7,9H,4,6,14H2,1H3,(H,15,16). The zero-order valence-electron chi connectivity index (χ0n) is 9.16. The van der Waals surface area contributed by atoms with Crippen LogP contribution in [0.5, 0.6) is 0 Å². The molecule has 2 atom stereocenters. The van der Waals surface area contributed by atoms with Gasteiger partial charge in [-0.3, -0.25) is 4.79 Å². The lowest BCUT2D eigenvalue weighted by Crippen LogP contribution is -2.26. The molecule has 4 heteroatoms. The first kappa shape index (κ1) is 10.9. The Morgan fingerprint density at radius 1 is 1.62 bits per heavy atom. The van der Waals surface area contributed by atoms with Gasteiger partial charge in [-0.2, -0.15) is 0 Å². The molecule has 1 aliphatic carbocycles. The van der Waals surface area contributed by atoms with Crippen molar-refractivity contribution in [2.75, 3.05) is 12.3 Å². The van der Waals surface area contributed by atoms with Crippen LogP contribution in [0.25, 0.3) is 0 Å². The summed E-state index contributed by atoms with van der Waals surface area (Å²) in [5, 5.41) is 2.79. The fourth-order valence-electron chi connectivity index (χ4n) is 1.68. The number of nitrogen functional groups attached to an aromatic ring is 1. The van der Waals surface area contributed by atoms with E-state index >= 15 is 0 Å². The van der Waals surface area contributed by atoms with E-state index in [0.29, 0.717) is 23.9 Å². The number of benzene rings is 1. The second-order valence-corrected chi connectivity index (χ2v) is 4.42. The second-order valence-electron chi connectivity index (χ2n) is 4.42. The fourth-order valence-corrected chi connectivity index (χ4v) is 1.68. The number of amides is 1. The van der Waals surface area contributed by atoms with Gasteiger partial charge in [0.1, 0.15) is 5.82 Å². The van der Waals surface area contributed by atoms with Crippen LogP contribution < -0.4 is 11.1 Å². The van der Waals surface area contributed by atoms with Crippen molar-refractivity contribution in [2.45, 2.75) is 13.3 Å². The van der Waals surface area contributed by atoms with Crippen molar-refractivity contribution in [2.24, 2.45) is 11.8 Å². The number of hydrogen-bond acceptors (Lipinski definition) is 2. The first-order chi connectivity index (χ1) is 7.58. The summed E-state index contributed by atoms with van der Waals surface area (Å²) in [5.41, 5.74) is 5.71. The van der Waals surface area contributed by atoms with E-state index in [2.05, 4.69) is 12.2 Å². The molecule has 2 unspecified atom stereocenters. The maximum atomic E-state index is 13.1. The highest BCUT2D eigenvalue weighted by Crippen LogP contribution is 2.36. The van der Waals surface area contributed by atoms with Gasteiger partial charge in [-0.1, -0.05) is 6.92 Å². The van der Waals surface area contributed by atoms with Gasteiger partial charge >= 0.3 is 0 Å². The van der Waals surface area contributed by atoms with Crippen LogP contribution in [0.2, 0.25) is 0 Å². The third-order valence-corrected chi connectivity index (χ3v) is 3.06. The van der Waals surface area contributed by atoms with E-state index in [1.54, 1.807) is 0 Å².